The first kappa shape index (κ1) is 17.9. The van der Waals surface area contributed by atoms with Crippen LogP contribution in [0, 0.1) is 0 Å². The number of sulfonamides is 1. The molecule has 0 aromatic heterocycles. The zero-order valence-corrected chi connectivity index (χ0v) is 14.2. The fraction of sp³-hybridized carbons (Fsp3) is 0.562. The minimum atomic E-state index is -3.58. The molecule has 2 rings (SSSR count). The van der Waals surface area contributed by atoms with E-state index >= 15 is 0 Å². The van der Waals surface area contributed by atoms with E-state index in [1.807, 2.05) is 6.92 Å². The van der Waals surface area contributed by atoms with E-state index in [-0.39, 0.29) is 22.9 Å². The standard InChI is InChI=1S/C16H25N3O3S/c1-12(17)9-10-18-16(20)13-5-4-8-15(11-13)23(21,22)19-14-6-2-3-7-14/h4-5,8,11-12,14,19H,2-3,6-7,9-10,17H2,1H3,(H,18,20). The smallest absolute Gasteiger partial charge is 0.251 e. The molecule has 0 radical (unpaired) electrons. The average Bonchev–Trinajstić information content (AvgIpc) is 2.99. The van der Waals surface area contributed by atoms with Gasteiger partial charge in [-0.2, -0.15) is 0 Å². The first-order valence-corrected chi connectivity index (χ1v) is 9.53. The van der Waals surface area contributed by atoms with Gasteiger partial charge in [0.2, 0.25) is 10.0 Å². The second-order valence-electron chi connectivity index (χ2n) is 6.15. The molecule has 0 heterocycles. The Morgan fingerprint density at radius 1 is 1.35 bits per heavy atom. The molecule has 0 bridgehead atoms. The summed E-state index contributed by atoms with van der Waals surface area (Å²) >= 11 is 0. The SMILES string of the molecule is CC(N)CCNC(=O)c1cccc(S(=O)(=O)NC2CCCC2)c1. The van der Waals surface area contributed by atoms with Crippen molar-refractivity contribution in [2.45, 2.75) is 56.0 Å². The second kappa shape index (κ2) is 7.90. The van der Waals surface area contributed by atoms with Gasteiger partial charge in [-0.05, 0) is 44.4 Å². The normalized spacial score (nSPS) is 17.1. The van der Waals surface area contributed by atoms with E-state index in [4.69, 9.17) is 5.73 Å². The molecule has 1 amide bonds. The molecule has 0 aliphatic heterocycles. The van der Waals surface area contributed by atoms with E-state index in [2.05, 4.69) is 10.0 Å². The van der Waals surface area contributed by atoms with Gasteiger partial charge < -0.3 is 11.1 Å². The lowest BCUT2D eigenvalue weighted by Gasteiger charge is -2.13. The number of rotatable bonds is 7. The Kier molecular flexibility index (Phi) is 6.15. The van der Waals surface area contributed by atoms with Crippen LogP contribution in [0.25, 0.3) is 0 Å². The molecule has 1 aliphatic rings. The van der Waals surface area contributed by atoms with Gasteiger partial charge in [-0.1, -0.05) is 18.9 Å². The third-order valence-electron chi connectivity index (χ3n) is 3.97. The summed E-state index contributed by atoms with van der Waals surface area (Å²) in [6.07, 6.45) is 4.52. The molecule has 1 aromatic carbocycles. The van der Waals surface area contributed by atoms with Gasteiger partial charge in [0, 0.05) is 24.2 Å². The molecule has 4 N–H and O–H groups in total. The van der Waals surface area contributed by atoms with Crippen molar-refractivity contribution in [3.05, 3.63) is 29.8 Å². The largest absolute Gasteiger partial charge is 0.352 e. The highest BCUT2D eigenvalue weighted by Crippen LogP contribution is 2.20. The number of nitrogens with one attached hydrogen (secondary N) is 2. The molecule has 0 spiro atoms. The van der Waals surface area contributed by atoms with E-state index < -0.39 is 10.0 Å². The van der Waals surface area contributed by atoms with E-state index in [1.54, 1.807) is 12.1 Å². The van der Waals surface area contributed by atoms with Gasteiger partial charge in [0.25, 0.3) is 5.91 Å². The maximum atomic E-state index is 12.4. The number of nitrogens with two attached hydrogens (primary N) is 1. The van der Waals surface area contributed by atoms with Crippen molar-refractivity contribution in [1.82, 2.24) is 10.0 Å². The molecular formula is C16H25N3O3S. The van der Waals surface area contributed by atoms with Gasteiger partial charge in [0.05, 0.1) is 4.90 Å². The summed E-state index contributed by atoms with van der Waals surface area (Å²) in [5, 5.41) is 2.75. The van der Waals surface area contributed by atoms with Crippen LogP contribution < -0.4 is 15.8 Å². The lowest BCUT2D eigenvalue weighted by atomic mass is 10.2. The van der Waals surface area contributed by atoms with Crippen LogP contribution in [0.15, 0.2) is 29.2 Å². The van der Waals surface area contributed by atoms with E-state index in [1.165, 1.54) is 12.1 Å². The minimum absolute atomic E-state index is 0.00326. The number of carbonyl (C=O) groups excluding carboxylic acids is 1. The van der Waals surface area contributed by atoms with Crippen LogP contribution in [0.2, 0.25) is 0 Å². The Balaban J connectivity index is 2.04. The maximum absolute atomic E-state index is 12.4. The zero-order chi connectivity index (χ0) is 16.9. The fourth-order valence-corrected chi connectivity index (χ4v) is 4.00. The van der Waals surface area contributed by atoms with Crippen molar-refractivity contribution < 1.29 is 13.2 Å². The van der Waals surface area contributed by atoms with E-state index in [0.717, 1.165) is 25.7 Å². The molecule has 128 valence electrons. The summed E-state index contributed by atoms with van der Waals surface area (Å²) < 4.78 is 27.5. The van der Waals surface area contributed by atoms with Gasteiger partial charge in [-0.15, -0.1) is 0 Å². The number of benzene rings is 1. The predicted octanol–water partition coefficient (Wildman–Crippen LogP) is 1.37. The summed E-state index contributed by atoms with van der Waals surface area (Å²) in [7, 11) is -3.58. The Morgan fingerprint density at radius 2 is 2.04 bits per heavy atom. The van der Waals surface area contributed by atoms with Gasteiger partial charge in [-0.3, -0.25) is 4.79 Å². The maximum Gasteiger partial charge on any atom is 0.251 e. The molecule has 0 saturated heterocycles. The summed E-state index contributed by atoms with van der Waals surface area (Å²) in [5.74, 6) is -0.288. The van der Waals surface area contributed by atoms with Crippen LogP contribution in [-0.2, 0) is 10.0 Å². The molecule has 6 nitrogen and oxygen atoms in total. The van der Waals surface area contributed by atoms with Gasteiger partial charge in [-0.25, -0.2) is 13.1 Å². The summed E-state index contributed by atoms with van der Waals surface area (Å²) in [5.41, 5.74) is 5.97. The lowest BCUT2D eigenvalue weighted by molar-refractivity contribution is 0.0952. The van der Waals surface area contributed by atoms with Crippen molar-refractivity contribution in [3.8, 4) is 0 Å². The molecule has 23 heavy (non-hydrogen) atoms. The molecule has 1 aromatic rings. The number of amides is 1. The van der Waals surface area contributed by atoms with Crippen molar-refractivity contribution in [3.63, 3.8) is 0 Å². The Morgan fingerprint density at radius 3 is 2.70 bits per heavy atom. The third-order valence-corrected chi connectivity index (χ3v) is 5.49. The van der Waals surface area contributed by atoms with Crippen molar-refractivity contribution in [1.29, 1.82) is 0 Å². The third kappa shape index (κ3) is 5.30. The molecule has 1 aliphatic carbocycles. The van der Waals surface area contributed by atoms with Crippen LogP contribution in [0.5, 0.6) is 0 Å². The van der Waals surface area contributed by atoms with Crippen LogP contribution in [-0.4, -0.2) is 33.0 Å². The average molecular weight is 339 g/mol. The molecule has 1 fully saturated rings. The highest BCUT2D eigenvalue weighted by Gasteiger charge is 2.23. The van der Waals surface area contributed by atoms with Crippen LogP contribution in [0.1, 0.15) is 49.4 Å². The summed E-state index contributed by atoms with van der Waals surface area (Å²) in [6, 6.07) is 6.13. The van der Waals surface area contributed by atoms with E-state index in [0.29, 0.717) is 18.5 Å². The Bertz CT molecular complexity index is 638. The topological polar surface area (TPSA) is 101 Å². The van der Waals surface area contributed by atoms with E-state index in [9.17, 15) is 13.2 Å². The highest BCUT2D eigenvalue weighted by atomic mass is 32.2. The number of hydrogen-bond donors (Lipinski definition) is 3. The predicted molar refractivity (Wildman–Crippen MR) is 89.6 cm³/mol. The fourth-order valence-electron chi connectivity index (χ4n) is 2.65. The number of carbonyl (C=O) groups is 1. The molecular weight excluding hydrogens is 314 g/mol. The molecule has 1 saturated carbocycles. The lowest BCUT2D eigenvalue weighted by Crippen LogP contribution is -2.33. The van der Waals surface area contributed by atoms with Crippen molar-refractivity contribution in [2.24, 2.45) is 5.73 Å². The molecule has 1 unspecified atom stereocenters. The Labute approximate surface area is 137 Å². The summed E-state index contributed by atoms with van der Waals surface area (Å²) in [4.78, 5) is 12.2. The Hall–Kier alpha value is -1.44. The number of hydrogen-bond acceptors (Lipinski definition) is 4. The van der Waals surface area contributed by atoms with Crippen LogP contribution in [0.4, 0.5) is 0 Å². The van der Waals surface area contributed by atoms with Crippen molar-refractivity contribution in [2.75, 3.05) is 6.54 Å². The summed E-state index contributed by atoms with van der Waals surface area (Å²) in [6.45, 7) is 2.34. The van der Waals surface area contributed by atoms with Crippen LogP contribution in [0.3, 0.4) is 0 Å². The highest BCUT2D eigenvalue weighted by molar-refractivity contribution is 7.89. The monoisotopic (exact) mass is 339 g/mol. The van der Waals surface area contributed by atoms with Crippen LogP contribution >= 0.6 is 0 Å². The molecule has 7 heteroatoms. The van der Waals surface area contributed by atoms with Crippen molar-refractivity contribution >= 4 is 15.9 Å². The first-order valence-electron chi connectivity index (χ1n) is 8.04. The minimum Gasteiger partial charge on any atom is -0.352 e. The van der Waals surface area contributed by atoms with Gasteiger partial charge in [0.15, 0.2) is 0 Å². The van der Waals surface area contributed by atoms with Gasteiger partial charge >= 0.3 is 0 Å². The second-order valence-corrected chi connectivity index (χ2v) is 7.87. The van der Waals surface area contributed by atoms with Gasteiger partial charge in [0.1, 0.15) is 0 Å². The first-order chi connectivity index (χ1) is 10.9. The zero-order valence-electron chi connectivity index (χ0n) is 13.4. The molecule has 1 atom stereocenters. The quantitative estimate of drug-likeness (QED) is 0.698.